The van der Waals surface area contributed by atoms with E-state index in [1.165, 1.54) is 0 Å². The highest BCUT2D eigenvalue weighted by atomic mass is 32.1. The zero-order valence-corrected chi connectivity index (χ0v) is 10.2. The van der Waals surface area contributed by atoms with E-state index in [2.05, 4.69) is 4.98 Å². The van der Waals surface area contributed by atoms with Gasteiger partial charge < -0.3 is 10.5 Å². The Kier molecular flexibility index (Phi) is 3.35. The highest BCUT2D eigenvalue weighted by molar-refractivity contribution is 7.80. The van der Waals surface area contributed by atoms with Crippen LogP contribution in [-0.4, -0.2) is 9.97 Å². The van der Waals surface area contributed by atoms with Crippen LogP contribution >= 0.6 is 12.2 Å². The summed E-state index contributed by atoms with van der Waals surface area (Å²) in [5.74, 6) is 1.29. The van der Waals surface area contributed by atoms with Gasteiger partial charge >= 0.3 is 0 Å². The molecule has 0 fully saturated rings. The van der Waals surface area contributed by atoms with Crippen molar-refractivity contribution in [1.29, 1.82) is 0 Å². The van der Waals surface area contributed by atoms with Crippen LogP contribution in [0.1, 0.15) is 11.1 Å². The number of rotatable bonds is 3. The summed E-state index contributed by atoms with van der Waals surface area (Å²) in [7, 11) is 0. The Morgan fingerprint density at radius 1 is 1.29 bits per heavy atom. The van der Waals surface area contributed by atoms with E-state index in [1.807, 2.05) is 31.2 Å². The van der Waals surface area contributed by atoms with Crippen molar-refractivity contribution in [2.24, 2.45) is 5.73 Å². The summed E-state index contributed by atoms with van der Waals surface area (Å²) in [6.45, 7) is 2.01. The zero-order chi connectivity index (χ0) is 12.3. The van der Waals surface area contributed by atoms with Crippen molar-refractivity contribution >= 4 is 17.2 Å². The van der Waals surface area contributed by atoms with E-state index in [4.69, 9.17) is 22.7 Å². The van der Waals surface area contributed by atoms with Crippen LogP contribution in [0.25, 0.3) is 0 Å². The van der Waals surface area contributed by atoms with Gasteiger partial charge in [-0.15, -0.1) is 0 Å². The Balaban J connectivity index is 2.16. The number of nitrogens with two attached hydrogens (primary N) is 1. The molecular formula is C13H12N2OS. The average Bonchev–Trinajstić information content (AvgIpc) is 2.29. The average molecular weight is 244 g/mol. The fourth-order valence-corrected chi connectivity index (χ4v) is 1.51. The molecule has 0 bridgehead atoms. The molecule has 0 spiro atoms. The summed E-state index contributed by atoms with van der Waals surface area (Å²) >= 11 is 4.85. The third kappa shape index (κ3) is 3.01. The molecule has 4 heteroatoms. The molecule has 86 valence electrons. The minimum atomic E-state index is 0.333. The van der Waals surface area contributed by atoms with Gasteiger partial charge in [0.2, 0.25) is 5.88 Å². The summed E-state index contributed by atoms with van der Waals surface area (Å²) in [6.07, 6.45) is 1.60. The Morgan fingerprint density at radius 2 is 2.12 bits per heavy atom. The van der Waals surface area contributed by atoms with Crippen molar-refractivity contribution in [1.82, 2.24) is 4.98 Å². The minimum absolute atomic E-state index is 0.333. The Bertz CT molecular complexity index is 537. The van der Waals surface area contributed by atoms with Crippen LogP contribution in [-0.2, 0) is 0 Å². The largest absolute Gasteiger partial charge is 0.439 e. The summed E-state index contributed by atoms with van der Waals surface area (Å²) in [6, 6.07) is 11.3. The van der Waals surface area contributed by atoms with E-state index in [0.717, 1.165) is 16.9 Å². The van der Waals surface area contributed by atoms with Gasteiger partial charge in [-0.3, -0.25) is 0 Å². The monoisotopic (exact) mass is 244 g/mol. The molecule has 0 aliphatic heterocycles. The van der Waals surface area contributed by atoms with Gasteiger partial charge in [0.05, 0.1) is 0 Å². The predicted molar refractivity (Wildman–Crippen MR) is 71.4 cm³/mol. The van der Waals surface area contributed by atoms with Crippen molar-refractivity contribution in [2.45, 2.75) is 6.92 Å². The van der Waals surface area contributed by atoms with Crippen molar-refractivity contribution in [2.75, 3.05) is 0 Å². The molecule has 1 aromatic heterocycles. The molecule has 0 atom stereocenters. The summed E-state index contributed by atoms with van der Waals surface area (Å²) in [5, 5.41) is 0. The van der Waals surface area contributed by atoms with Crippen LogP contribution in [0.5, 0.6) is 11.6 Å². The lowest BCUT2D eigenvalue weighted by Crippen LogP contribution is -2.09. The highest BCUT2D eigenvalue weighted by Gasteiger charge is 2.00. The van der Waals surface area contributed by atoms with Crippen molar-refractivity contribution < 1.29 is 4.74 Å². The lowest BCUT2D eigenvalue weighted by Gasteiger charge is -2.05. The van der Waals surface area contributed by atoms with Crippen molar-refractivity contribution in [3.05, 3.63) is 53.7 Å². The number of thiocarbonyl (C=S) groups is 1. The topological polar surface area (TPSA) is 48.1 Å². The maximum Gasteiger partial charge on any atom is 0.219 e. The third-order valence-electron chi connectivity index (χ3n) is 2.23. The highest BCUT2D eigenvalue weighted by Crippen LogP contribution is 2.20. The van der Waals surface area contributed by atoms with E-state index >= 15 is 0 Å². The second-order valence-electron chi connectivity index (χ2n) is 3.67. The number of ether oxygens (including phenoxy) is 1. The molecule has 0 saturated carbocycles. The number of hydrogen-bond acceptors (Lipinski definition) is 3. The van der Waals surface area contributed by atoms with Crippen LogP contribution in [0.2, 0.25) is 0 Å². The molecule has 17 heavy (non-hydrogen) atoms. The number of hydrogen-bond donors (Lipinski definition) is 1. The first-order valence-corrected chi connectivity index (χ1v) is 5.56. The number of aryl methyl sites for hydroxylation is 1. The second kappa shape index (κ2) is 4.93. The van der Waals surface area contributed by atoms with Gasteiger partial charge in [0.1, 0.15) is 10.7 Å². The lowest BCUT2D eigenvalue weighted by molar-refractivity contribution is 0.462. The van der Waals surface area contributed by atoms with Gasteiger partial charge in [-0.2, -0.15) is 0 Å². The van der Waals surface area contributed by atoms with Gasteiger partial charge in [0, 0.05) is 17.8 Å². The fraction of sp³-hybridized carbons (Fsp3) is 0.0769. The first-order valence-electron chi connectivity index (χ1n) is 5.15. The molecule has 0 amide bonds. The standard InChI is InChI=1S/C13H12N2OS/c1-9-3-2-4-11(7-9)16-12-6-5-10(8-15-12)13(14)17/h2-8H,1H3,(H2,14,17). The molecule has 0 aliphatic rings. The molecule has 0 radical (unpaired) electrons. The zero-order valence-electron chi connectivity index (χ0n) is 9.38. The van der Waals surface area contributed by atoms with Crippen LogP contribution < -0.4 is 10.5 Å². The number of benzene rings is 1. The SMILES string of the molecule is Cc1cccc(Oc2ccc(C(N)=S)cn2)c1. The molecule has 0 aliphatic carbocycles. The van der Waals surface area contributed by atoms with Gasteiger partial charge in [-0.05, 0) is 30.7 Å². The number of pyridine rings is 1. The third-order valence-corrected chi connectivity index (χ3v) is 2.47. The van der Waals surface area contributed by atoms with E-state index in [-0.39, 0.29) is 0 Å². The molecule has 0 unspecified atom stereocenters. The second-order valence-corrected chi connectivity index (χ2v) is 4.11. The molecule has 2 aromatic rings. The van der Waals surface area contributed by atoms with Crippen LogP contribution in [0, 0.1) is 6.92 Å². The van der Waals surface area contributed by atoms with Gasteiger partial charge in [0.15, 0.2) is 0 Å². The van der Waals surface area contributed by atoms with E-state index in [1.54, 1.807) is 18.3 Å². The van der Waals surface area contributed by atoms with E-state index < -0.39 is 0 Å². The van der Waals surface area contributed by atoms with Gasteiger partial charge in [0.25, 0.3) is 0 Å². The smallest absolute Gasteiger partial charge is 0.219 e. The van der Waals surface area contributed by atoms with Crippen LogP contribution in [0.3, 0.4) is 0 Å². The molecule has 0 saturated heterocycles. The van der Waals surface area contributed by atoms with E-state index in [9.17, 15) is 0 Å². The normalized spacial score (nSPS) is 9.94. The Labute approximate surface area is 105 Å². The molecule has 3 nitrogen and oxygen atoms in total. The minimum Gasteiger partial charge on any atom is -0.439 e. The Morgan fingerprint density at radius 3 is 2.71 bits per heavy atom. The molecular weight excluding hydrogens is 232 g/mol. The summed E-state index contributed by atoms with van der Waals surface area (Å²) in [5.41, 5.74) is 7.36. The maximum atomic E-state index is 5.60. The Hall–Kier alpha value is -1.94. The molecule has 2 N–H and O–H groups in total. The first kappa shape index (κ1) is 11.5. The van der Waals surface area contributed by atoms with Crippen molar-refractivity contribution in [3.8, 4) is 11.6 Å². The van der Waals surface area contributed by atoms with Gasteiger partial charge in [-0.1, -0.05) is 24.4 Å². The van der Waals surface area contributed by atoms with Crippen LogP contribution in [0.4, 0.5) is 0 Å². The fourth-order valence-electron chi connectivity index (χ4n) is 1.39. The maximum absolute atomic E-state index is 5.60. The summed E-state index contributed by atoms with van der Waals surface area (Å²) in [4.78, 5) is 4.47. The first-order chi connectivity index (χ1) is 8.15. The molecule has 2 rings (SSSR count). The quantitative estimate of drug-likeness (QED) is 0.843. The number of aromatic nitrogens is 1. The van der Waals surface area contributed by atoms with Crippen molar-refractivity contribution in [3.63, 3.8) is 0 Å². The van der Waals surface area contributed by atoms with Crippen LogP contribution in [0.15, 0.2) is 42.6 Å². The predicted octanol–water partition coefficient (Wildman–Crippen LogP) is 2.82. The molecule has 1 aromatic carbocycles. The van der Waals surface area contributed by atoms with E-state index in [0.29, 0.717) is 10.9 Å². The summed E-state index contributed by atoms with van der Waals surface area (Å²) < 4.78 is 5.60. The lowest BCUT2D eigenvalue weighted by atomic mass is 10.2. The molecule has 1 heterocycles. The van der Waals surface area contributed by atoms with Gasteiger partial charge in [-0.25, -0.2) is 4.98 Å². The number of nitrogens with zero attached hydrogens (tertiary/aromatic N) is 1.